The van der Waals surface area contributed by atoms with Crippen molar-refractivity contribution in [1.82, 2.24) is 10.6 Å². The fourth-order valence-corrected chi connectivity index (χ4v) is 2.09. The number of hydrogen-bond donors (Lipinski definition) is 2. The third-order valence-corrected chi connectivity index (χ3v) is 3.49. The molecule has 2 amide bonds. The SMILES string of the molecule is CNC(=O)C(=Cc1ccc(OC)cc1)NC(=O)c1ccc([N+](=O)[O-])cc1. The molecule has 8 nitrogen and oxygen atoms in total. The number of rotatable bonds is 6. The minimum Gasteiger partial charge on any atom is -0.497 e. The van der Waals surface area contributed by atoms with Crippen LogP contribution in [0.25, 0.3) is 6.08 Å². The molecule has 0 fully saturated rings. The van der Waals surface area contributed by atoms with Gasteiger partial charge in [0.25, 0.3) is 17.5 Å². The second-order valence-corrected chi connectivity index (χ2v) is 5.17. The van der Waals surface area contributed by atoms with Gasteiger partial charge < -0.3 is 15.4 Å². The van der Waals surface area contributed by atoms with Crippen LogP contribution in [-0.4, -0.2) is 30.9 Å². The number of likely N-dealkylation sites (N-methyl/N-ethyl adjacent to an activating group) is 1. The minimum absolute atomic E-state index is 0.0426. The van der Waals surface area contributed by atoms with E-state index < -0.39 is 16.7 Å². The summed E-state index contributed by atoms with van der Waals surface area (Å²) in [5.41, 5.74) is 0.802. The Balaban J connectivity index is 2.23. The van der Waals surface area contributed by atoms with Crippen LogP contribution in [-0.2, 0) is 4.79 Å². The van der Waals surface area contributed by atoms with E-state index >= 15 is 0 Å². The van der Waals surface area contributed by atoms with E-state index in [9.17, 15) is 19.7 Å². The molecule has 0 spiro atoms. The highest BCUT2D eigenvalue weighted by atomic mass is 16.6. The first-order valence-corrected chi connectivity index (χ1v) is 7.58. The second-order valence-electron chi connectivity index (χ2n) is 5.17. The van der Waals surface area contributed by atoms with Crippen molar-refractivity contribution in [3.63, 3.8) is 0 Å². The van der Waals surface area contributed by atoms with Crippen molar-refractivity contribution in [3.05, 3.63) is 75.5 Å². The zero-order chi connectivity index (χ0) is 19.1. The largest absolute Gasteiger partial charge is 0.497 e. The Hall–Kier alpha value is -3.68. The molecule has 0 radical (unpaired) electrons. The molecule has 0 aliphatic rings. The van der Waals surface area contributed by atoms with Crippen LogP contribution in [0.5, 0.6) is 5.75 Å². The van der Waals surface area contributed by atoms with Crippen LogP contribution in [0.2, 0.25) is 0 Å². The van der Waals surface area contributed by atoms with Crippen LogP contribution in [0.4, 0.5) is 5.69 Å². The fourth-order valence-electron chi connectivity index (χ4n) is 2.09. The van der Waals surface area contributed by atoms with Crippen LogP contribution in [0.1, 0.15) is 15.9 Å². The number of nitro groups is 1. The summed E-state index contributed by atoms with van der Waals surface area (Å²) >= 11 is 0. The maximum atomic E-state index is 12.3. The molecule has 0 aromatic heterocycles. The van der Waals surface area contributed by atoms with Crippen molar-refractivity contribution in [2.75, 3.05) is 14.2 Å². The number of hydrogen-bond acceptors (Lipinski definition) is 5. The van der Waals surface area contributed by atoms with Crippen molar-refractivity contribution >= 4 is 23.6 Å². The molecule has 8 heteroatoms. The van der Waals surface area contributed by atoms with E-state index in [1.165, 1.54) is 37.4 Å². The van der Waals surface area contributed by atoms with Gasteiger partial charge in [-0.1, -0.05) is 12.1 Å². The van der Waals surface area contributed by atoms with Gasteiger partial charge in [-0.25, -0.2) is 0 Å². The molecule has 0 atom stereocenters. The first-order valence-electron chi connectivity index (χ1n) is 7.58. The molecule has 2 aromatic carbocycles. The Morgan fingerprint density at radius 2 is 1.69 bits per heavy atom. The Bertz CT molecular complexity index is 842. The number of methoxy groups -OCH3 is 1. The van der Waals surface area contributed by atoms with Gasteiger partial charge in [0.2, 0.25) is 0 Å². The molecular weight excluding hydrogens is 338 g/mol. The first-order chi connectivity index (χ1) is 12.4. The molecule has 2 rings (SSSR count). The summed E-state index contributed by atoms with van der Waals surface area (Å²) < 4.78 is 5.07. The summed E-state index contributed by atoms with van der Waals surface area (Å²) in [7, 11) is 2.99. The lowest BCUT2D eigenvalue weighted by Gasteiger charge is -2.09. The van der Waals surface area contributed by atoms with Crippen LogP contribution >= 0.6 is 0 Å². The maximum Gasteiger partial charge on any atom is 0.269 e. The normalized spacial score (nSPS) is 10.8. The number of carbonyl (C=O) groups is 2. The Labute approximate surface area is 149 Å². The Morgan fingerprint density at radius 3 is 2.19 bits per heavy atom. The van der Waals surface area contributed by atoms with E-state index in [0.717, 1.165) is 0 Å². The summed E-state index contributed by atoms with van der Waals surface area (Å²) in [4.78, 5) is 34.5. The van der Waals surface area contributed by atoms with Gasteiger partial charge in [0.15, 0.2) is 0 Å². The third-order valence-electron chi connectivity index (χ3n) is 3.49. The van der Waals surface area contributed by atoms with Crippen molar-refractivity contribution in [3.8, 4) is 5.75 Å². The topological polar surface area (TPSA) is 111 Å². The number of carbonyl (C=O) groups excluding carboxylic acids is 2. The predicted molar refractivity (Wildman–Crippen MR) is 95.6 cm³/mol. The average molecular weight is 355 g/mol. The second kappa shape index (κ2) is 8.43. The summed E-state index contributed by atoms with van der Waals surface area (Å²) in [5, 5.41) is 15.6. The van der Waals surface area contributed by atoms with Gasteiger partial charge in [-0.05, 0) is 35.9 Å². The molecule has 0 bridgehead atoms. The van der Waals surface area contributed by atoms with E-state index in [4.69, 9.17) is 4.74 Å². The molecule has 0 heterocycles. The molecule has 134 valence electrons. The zero-order valence-electron chi connectivity index (χ0n) is 14.2. The lowest BCUT2D eigenvalue weighted by molar-refractivity contribution is -0.384. The molecule has 0 aliphatic heterocycles. The minimum atomic E-state index is -0.554. The van der Waals surface area contributed by atoms with E-state index in [0.29, 0.717) is 11.3 Å². The number of nitrogens with one attached hydrogen (secondary N) is 2. The molecule has 26 heavy (non-hydrogen) atoms. The quantitative estimate of drug-likeness (QED) is 0.468. The molecular formula is C18H17N3O5. The number of non-ortho nitro benzene ring substituents is 1. The molecule has 2 aromatic rings. The summed E-state index contributed by atoms with van der Waals surface area (Å²) in [5.74, 6) is -0.363. The van der Waals surface area contributed by atoms with Gasteiger partial charge >= 0.3 is 0 Å². The van der Waals surface area contributed by atoms with Crippen molar-refractivity contribution in [2.45, 2.75) is 0 Å². The lowest BCUT2D eigenvalue weighted by atomic mass is 10.1. The number of nitro benzene ring substituents is 1. The molecule has 0 unspecified atom stereocenters. The highest BCUT2D eigenvalue weighted by molar-refractivity contribution is 6.05. The smallest absolute Gasteiger partial charge is 0.269 e. The number of amides is 2. The van der Waals surface area contributed by atoms with Gasteiger partial charge in [0.1, 0.15) is 11.4 Å². The van der Waals surface area contributed by atoms with E-state index in [-0.39, 0.29) is 16.9 Å². The Kier molecular flexibility index (Phi) is 6.05. The molecule has 0 saturated carbocycles. The van der Waals surface area contributed by atoms with Crippen molar-refractivity contribution in [1.29, 1.82) is 0 Å². The predicted octanol–water partition coefficient (Wildman–Crippen LogP) is 2.12. The van der Waals surface area contributed by atoms with E-state index in [2.05, 4.69) is 10.6 Å². The third kappa shape index (κ3) is 4.67. The lowest BCUT2D eigenvalue weighted by Crippen LogP contribution is -2.33. The van der Waals surface area contributed by atoms with Crippen molar-refractivity contribution in [2.24, 2.45) is 0 Å². The summed E-state index contributed by atoms with van der Waals surface area (Å²) in [6.45, 7) is 0. The van der Waals surface area contributed by atoms with Crippen LogP contribution < -0.4 is 15.4 Å². The van der Waals surface area contributed by atoms with Crippen LogP contribution in [0.15, 0.2) is 54.2 Å². The van der Waals surface area contributed by atoms with Gasteiger partial charge in [0, 0.05) is 24.7 Å². The van der Waals surface area contributed by atoms with Crippen molar-refractivity contribution < 1.29 is 19.2 Å². The highest BCUT2D eigenvalue weighted by Gasteiger charge is 2.14. The van der Waals surface area contributed by atoms with Crippen LogP contribution in [0.3, 0.4) is 0 Å². The van der Waals surface area contributed by atoms with Gasteiger partial charge in [0.05, 0.1) is 12.0 Å². The maximum absolute atomic E-state index is 12.3. The fraction of sp³-hybridized carbons (Fsp3) is 0.111. The van der Waals surface area contributed by atoms with Gasteiger partial charge in [-0.3, -0.25) is 19.7 Å². The van der Waals surface area contributed by atoms with Gasteiger partial charge in [-0.15, -0.1) is 0 Å². The standard InChI is InChI=1S/C18H17N3O5/c1-19-18(23)16(11-12-3-9-15(26-2)10-4-12)20-17(22)13-5-7-14(8-6-13)21(24)25/h3-11H,1-2H3,(H,19,23)(H,20,22). The summed E-state index contributed by atoms with van der Waals surface area (Å²) in [6, 6.07) is 12.0. The number of ether oxygens (including phenoxy) is 1. The zero-order valence-corrected chi connectivity index (χ0v) is 14.2. The van der Waals surface area contributed by atoms with Crippen LogP contribution in [0, 0.1) is 10.1 Å². The number of benzene rings is 2. The van der Waals surface area contributed by atoms with Gasteiger partial charge in [-0.2, -0.15) is 0 Å². The van der Waals surface area contributed by atoms with E-state index in [1.54, 1.807) is 31.4 Å². The molecule has 0 saturated heterocycles. The monoisotopic (exact) mass is 355 g/mol. The summed E-state index contributed by atoms with van der Waals surface area (Å²) in [6.07, 6.45) is 1.52. The van der Waals surface area contributed by atoms with E-state index in [1.807, 2.05) is 0 Å². The molecule has 2 N–H and O–H groups in total. The Morgan fingerprint density at radius 1 is 1.08 bits per heavy atom. The first kappa shape index (κ1) is 18.7. The average Bonchev–Trinajstić information content (AvgIpc) is 2.67. The molecule has 0 aliphatic carbocycles. The highest BCUT2D eigenvalue weighted by Crippen LogP contribution is 2.15. The number of nitrogens with zero attached hydrogens (tertiary/aromatic N) is 1.